The number of hydrogen-bond donors (Lipinski definition) is 1. The molecule has 1 heterocycles. The second-order valence-corrected chi connectivity index (χ2v) is 7.20. The van der Waals surface area contributed by atoms with E-state index in [0.717, 1.165) is 6.26 Å². The summed E-state index contributed by atoms with van der Waals surface area (Å²) in [4.78, 5) is 24.0. The third-order valence-corrected chi connectivity index (χ3v) is 4.87. The van der Waals surface area contributed by atoms with Crippen molar-refractivity contribution in [1.82, 2.24) is 4.90 Å². The number of nitrogens with zero attached hydrogens (tertiary/aromatic N) is 1. The molecule has 0 aromatic heterocycles. The quantitative estimate of drug-likeness (QED) is 0.788. The average molecular weight is 277 g/mol. The normalized spacial score (nSPS) is 19.6. The lowest BCUT2D eigenvalue weighted by atomic mass is 9.93. The van der Waals surface area contributed by atoms with E-state index >= 15 is 0 Å². The van der Waals surface area contributed by atoms with Gasteiger partial charge >= 0.3 is 5.97 Å². The average Bonchev–Trinajstić information content (AvgIpc) is 2.26. The largest absolute Gasteiger partial charge is 0.481 e. The molecule has 0 aliphatic carbocycles. The van der Waals surface area contributed by atoms with Gasteiger partial charge in [0.2, 0.25) is 5.91 Å². The van der Waals surface area contributed by atoms with Crippen LogP contribution in [0.4, 0.5) is 0 Å². The van der Waals surface area contributed by atoms with Gasteiger partial charge in [-0.3, -0.25) is 9.59 Å². The van der Waals surface area contributed by atoms with E-state index in [2.05, 4.69) is 0 Å². The molecular formula is C11H19NO5S. The van der Waals surface area contributed by atoms with Gasteiger partial charge in [0.1, 0.15) is 5.25 Å². The molecule has 1 atom stereocenters. The van der Waals surface area contributed by atoms with Crippen molar-refractivity contribution in [3.8, 4) is 0 Å². The van der Waals surface area contributed by atoms with Crippen LogP contribution in [0.25, 0.3) is 0 Å². The standard InChI is InChI=1S/C11H19NO5S/c1-8(18(2,16)17)11(15)12-5-3-9(4-6-12)7-10(13)14/h8-9H,3-7H2,1-2H3,(H,13,14). The number of aliphatic carboxylic acids is 1. The van der Waals surface area contributed by atoms with Crippen LogP contribution in [0, 0.1) is 5.92 Å². The first-order valence-corrected chi connectivity index (χ1v) is 7.86. The van der Waals surface area contributed by atoms with Crippen LogP contribution in [0.3, 0.4) is 0 Å². The number of hydrogen-bond acceptors (Lipinski definition) is 4. The van der Waals surface area contributed by atoms with Crippen molar-refractivity contribution in [1.29, 1.82) is 0 Å². The number of rotatable bonds is 4. The number of carbonyl (C=O) groups is 2. The molecule has 0 saturated carbocycles. The van der Waals surface area contributed by atoms with Crippen molar-refractivity contribution in [2.75, 3.05) is 19.3 Å². The summed E-state index contributed by atoms with van der Waals surface area (Å²) in [6.07, 6.45) is 2.40. The zero-order valence-corrected chi connectivity index (χ0v) is 11.4. The van der Waals surface area contributed by atoms with Crippen LogP contribution < -0.4 is 0 Å². The van der Waals surface area contributed by atoms with Crippen molar-refractivity contribution in [2.45, 2.75) is 31.4 Å². The number of sulfone groups is 1. The zero-order valence-electron chi connectivity index (χ0n) is 10.6. The third kappa shape index (κ3) is 3.97. The minimum Gasteiger partial charge on any atom is -0.481 e. The van der Waals surface area contributed by atoms with Gasteiger partial charge in [-0.05, 0) is 25.7 Å². The van der Waals surface area contributed by atoms with Gasteiger partial charge in [0.05, 0.1) is 0 Å². The maximum Gasteiger partial charge on any atom is 0.303 e. The first-order valence-electron chi connectivity index (χ1n) is 5.91. The maximum absolute atomic E-state index is 11.9. The number of likely N-dealkylation sites (tertiary alicyclic amines) is 1. The summed E-state index contributed by atoms with van der Waals surface area (Å²) in [7, 11) is -3.37. The molecule has 1 aliphatic rings. The molecule has 104 valence electrons. The highest BCUT2D eigenvalue weighted by molar-refractivity contribution is 7.92. The first kappa shape index (κ1) is 14.9. The van der Waals surface area contributed by atoms with Gasteiger partial charge in [0, 0.05) is 25.8 Å². The van der Waals surface area contributed by atoms with E-state index in [1.807, 2.05) is 0 Å². The van der Waals surface area contributed by atoms with Crippen LogP contribution in [0.2, 0.25) is 0 Å². The van der Waals surface area contributed by atoms with E-state index < -0.39 is 21.1 Å². The fraction of sp³-hybridized carbons (Fsp3) is 0.818. The molecule has 0 aromatic rings. The molecule has 6 nitrogen and oxygen atoms in total. The Morgan fingerprint density at radius 2 is 1.83 bits per heavy atom. The maximum atomic E-state index is 11.9. The zero-order chi connectivity index (χ0) is 13.9. The molecule has 1 rings (SSSR count). The fourth-order valence-corrected chi connectivity index (χ4v) is 2.56. The van der Waals surface area contributed by atoms with E-state index in [0.29, 0.717) is 25.9 Å². The summed E-state index contributed by atoms with van der Waals surface area (Å²) >= 11 is 0. The van der Waals surface area contributed by atoms with Gasteiger partial charge in [0.15, 0.2) is 9.84 Å². The van der Waals surface area contributed by atoms with Crippen LogP contribution in [0.15, 0.2) is 0 Å². The third-order valence-electron chi connectivity index (χ3n) is 3.38. The Hall–Kier alpha value is -1.11. The minimum atomic E-state index is -3.37. The monoisotopic (exact) mass is 277 g/mol. The Balaban J connectivity index is 2.53. The summed E-state index contributed by atoms with van der Waals surface area (Å²) in [5, 5.41) is 7.66. The number of amides is 1. The molecule has 0 aromatic carbocycles. The van der Waals surface area contributed by atoms with E-state index in [1.165, 1.54) is 11.8 Å². The van der Waals surface area contributed by atoms with Crippen LogP contribution in [0.1, 0.15) is 26.2 Å². The molecule has 1 amide bonds. The lowest BCUT2D eigenvalue weighted by Crippen LogP contribution is -2.45. The van der Waals surface area contributed by atoms with Crippen LogP contribution >= 0.6 is 0 Å². The molecule has 1 N–H and O–H groups in total. The predicted molar refractivity (Wildman–Crippen MR) is 65.9 cm³/mol. The van der Waals surface area contributed by atoms with Crippen molar-refractivity contribution < 1.29 is 23.1 Å². The number of carboxylic acid groups (broad SMARTS) is 1. The highest BCUT2D eigenvalue weighted by Gasteiger charge is 2.31. The topological polar surface area (TPSA) is 91.8 Å². The van der Waals surface area contributed by atoms with Gasteiger partial charge in [-0.1, -0.05) is 0 Å². The Morgan fingerprint density at radius 1 is 1.33 bits per heavy atom. The molecule has 0 spiro atoms. The van der Waals surface area contributed by atoms with Crippen molar-refractivity contribution >= 4 is 21.7 Å². The Morgan fingerprint density at radius 3 is 2.22 bits per heavy atom. The van der Waals surface area contributed by atoms with Crippen LogP contribution in [-0.4, -0.2) is 54.9 Å². The summed E-state index contributed by atoms with van der Waals surface area (Å²) in [6.45, 7) is 2.27. The van der Waals surface area contributed by atoms with E-state index in [4.69, 9.17) is 5.11 Å². The van der Waals surface area contributed by atoms with E-state index in [1.54, 1.807) is 0 Å². The van der Waals surface area contributed by atoms with Crippen molar-refractivity contribution in [2.24, 2.45) is 5.92 Å². The van der Waals surface area contributed by atoms with Crippen LogP contribution in [0.5, 0.6) is 0 Å². The Bertz CT molecular complexity index is 423. The van der Waals surface area contributed by atoms with Gasteiger partial charge in [-0.2, -0.15) is 0 Å². The molecular weight excluding hydrogens is 258 g/mol. The molecule has 1 aliphatic heterocycles. The SMILES string of the molecule is CC(C(=O)N1CCC(CC(=O)O)CC1)S(C)(=O)=O. The lowest BCUT2D eigenvalue weighted by molar-refractivity contribution is -0.138. The molecule has 1 saturated heterocycles. The highest BCUT2D eigenvalue weighted by Crippen LogP contribution is 2.21. The summed E-state index contributed by atoms with van der Waals surface area (Å²) < 4.78 is 22.6. The second-order valence-electron chi connectivity index (χ2n) is 4.84. The Kier molecular flexibility index (Phi) is 4.72. The van der Waals surface area contributed by atoms with Gasteiger partial charge in [-0.25, -0.2) is 8.42 Å². The number of carboxylic acids is 1. The lowest BCUT2D eigenvalue weighted by Gasteiger charge is -2.32. The molecule has 0 bridgehead atoms. The second kappa shape index (κ2) is 5.69. The summed E-state index contributed by atoms with van der Waals surface area (Å²) in [5.41, 5.74) is 0. The first-order chi connectivity index (χ1) is 8.21. The Labute approximate surface area is 107 Å². The van der Waals surface area contributed by atoms with Gasteiger partial charge in [-0.15, -0.1) is 0 Å². The number of piperidine rings is 1. The van der Waals surface area contributed by atoms with E-state index in [9.17, 15) is 18.0 Å². The van der Waals surface area contributed by atoms with Gasteiger partial charge < -0.3 is 10.0 Å². The molecule has 18 heavy (non-hydrogen) atoms. The minimum absolute atomic E-state index is 0.0834. The summed E-state index contributed by atoms with van der Waals surface area (Å²) in [6, 6.07) is 0. The molecule has 1 unspecified atom stereocenters. The molecule has 7 heteroatoms. The summed E-state index contributed by atoms with van der Waals surface area (Å²) in [5.74, 6) is -1.13. The highest BCUT2D eigenvalue weighted by atomic mass is 32.2. The van der Waals surface area contributed by atoms with Crippen molar-refractivity contribution in [3.05, 3.63) is 0 Å². The number of carbonyl (C=O) groups excluding carboxylic acids is 1. The molecule has 0 radical (unpaired) electrons. The smallest absolute Gasteiger partial charge is 0.303 e. The fourth-order valence-electron chi connectivity index (χ4n) is 2.04. The predicted octanol–water partition coefficient (Wildman–Crippen LogP) is 0.133. The van der Waals surface area contributed by atoms with Gasteiger partial charge in [0.25, 0.3) is 0 Å². The van der Waals surface area contributed by atoms with E-state index in [-0.39, 0.29) is 18.2 Å². The van der Waals surface area contributed by atoms with Crippen LogP contribution in [-0.2, 0) is 19.4 Å². The van der Waals surface area contributed by atoms with Crippen molar-refractivity contribution in [3.63, 3.8) is 0 Å². The molecule has 1 fully saturated rings.